The molecule has 0 spiro atoms. The average Bonchev–Trinajstić information content (AvgIpc) is 4.02. The second kappa shape index (κ2) is 14.7. The summed E-state index contributed by atoms with van der Waals surface area (Å²) in [6.07, 6.45) is 0. The van der Waals surface area contributed by atoms with Crippen LogP contribution in [0.25, 0.3) is 37.3 Å². The van der Waals surface area contributed by atoms with Crippen LogP contribution < -0.4 is 4.90 Å². The fraction of sp³-hybridized carbons (Fsp3) is 0.106. The molecule has 0 saturated heterocycles. The van der Waals surface area contributed by atoms with Gasteiger partial charge in [-0.15, -0.1) is 22.7 Å². The summed E-state index contributed by atoms with van der Waals surface area (Å²) in [5.41, 5.74) is 6.10. The number of hydrogen-bond acceptors (Lipinski definition) is 12. The number of phenolic OH excluding ortho intramolecular Hbond substituents is 5. The van der Waals surface area contributed by atoms with E-state index in [4.69, 9.17) is 0 Å². The lowest BCUT2D eigenvalue weighted by atomic mass is 9.74. The number of carbonyl (C=O) groups is 2. The lowest BCUT2D eigenvalue weighted by Crippen LogP contribution is -2.47. The molecular weight excluding hydrogens is 815 g/mol. The van der Waals surface area contributed by atoms with Crippen LogP contribution in [0.15, 0.2) is 125 Å². The van der Waals surface area contributed by atoms with E-state index in [2.05, 4.69) is 0 Å². The minimum absolute atomic E-state index is 0.0659. The SMILES string of the molecule is Cc1cc(C2C(=O)C(c3c(O)cc(O)cc3O)=C2O)c(C)n1C.O=C1C(c2c(O)cc(-n3c4ccsc4c4sccc43)cc2O)=C(O)C1N(c1ccccc1)c1ccccc1. The molecule has 0 saturated carbocycles. The van der Waals surface area contributed by atoms with Crippen LogP contribution in [-0.2, 0) is 16.6 Å². The van der Waals surface area contributed by atoms with Crippen LogP contribution in [0, 0.1) is 13.8 Å². The molecule has 4 aromatic carbocycles. The molecule has 306 valence electrons. The molecular formula is C47H37N3O9S2. The first-order valence-electron chi connectivity index (χ1n) is 19.0. The van der Waals surface area contributed by atoms with Gasteiger partial charge in [0, 0.05) is 54.1 Å². The van der Waals surface area contributed by atoms with Crippen molar-refractivity contribution in [2.75, 3.05) is 4.90 Å². The van der Waals surface area contributed by atoms with Crippen molar-refractivity contribution >= 4 is 77.2 Å². The highest BCUT2D eigenvalue weighted by Crippen LogP contribution is 2.50. The number of aliphatic hydroxyl groups is 2. The van der Waals surface area contributed by atoms with Gasteiger partial charge in [0.15, 0.2) is 17.6 Å². The van der Waals surface area contributed by atoms with Gasteiger partial charge in [-0.2, -0.15) is 0 Å². The van der Waals surface area contributed by atoms with Crippen LogP contribution in [0.4, 0.5) is 11.4 Å². The summed E-state index contributed by atoms with van der Waals surface area (Å²) in [5, 5.41) is 76.8. The topological polar surface area (TPSA) is 189 Å². The Labute approximate surface area is 355 Å². The number of aromatic hydroxyl groups is 5. The fourth-order valence-electron chi connectivity index (χ4n) is 8.28. The van der Waals surface area contributed by atoms with E-state index in [0.29, 0.717) is 11.3 Å². The molecule has 2 atom stereocenters. The van der Waals surface area contributed by atoms with Gasteiger partial charge in [0.25, 0.3) is 0 Å². The maximum absolute atomic E-state index is 13.6. The number of fused-ring (bicyclic) bond motifs is 3. The normalized spacial score (nSPS) is 16.2. The Kier molecular flexibility index (Phi) is 9.41. The van der Waals surface area contributed by atoms with Gasteiger partial charge < -0.3 is 49.8 Å². The Morgan fingerprint density at radius 2 is 1.07 bits per heavy atom. The monoisotopic (exact) mass is 851 g/mol. The summed E-state index contributed by atoms with van der Waals surface area (Å²) >= 11 is 3.28. The number of aliphatic hydroxyl groups excluding tert-OH is 2. The molecule has 61 heavy (non-hydrogen) atoms. The molecule has 0 fully saturated rings. The molecule has 2 unspecified atom stereocenters. The van der Waals surface area contributed by atoms with Gasteiger partial charge in [0.05, 0.1) is 48.4 Å². The number of benzene rings is 4. The smallest absolute Gasteiger partial charge is 0.197 e. The molecule has 0 radical (unpaired) electrons. The molecule has 2 aliphatic carbocycles. The number of carbonyl (C=O) groups excluding carboxylic acids is 2. The van der Waals surface area contributed by atoms with Crippen molar-refractivity contribution < 1.29 is 45.3 Å². The van der Waals surface area contributed by atoms with Gasteiger partial charge in [-0.25, -0.2) is 0 Å². The average molecular weight is 852 g/mol. The van der Waals surface area contributed by atoms with Crippen molar-refractivity contribution in [3.63, 3.8) is 0 Å². The quantitative estimate of drug-likeness (QED) is 0.0813. The number of aromatic nitrogens is 2. The molecule has 2 aliphatic rings. The zero-order valence-corrected chi connectivity index (χ0v) is 34.4. The first-order chi connectivity index (χ1) is 29.3. The zero-order chi connectivity index (χ0) is 43.0. The highest BCUT2D eigenvalue weighted by atomic mass is 32.1. The third kappa shape index (κ3) is 6.09. The summed E-state index contributed by atoms with van der Waals surface area (Å²) in [5.74, 6) is -3.78. The Hall–Kier alpha value is -7.42. The van der Waals surface area contributed by atoms with Crippen molar-refractivity contribution in [2.24, 2.45) is 7.05 Å². The number of para-hydroxylation sites is 2. The van der Waals surface area contributed by atoms with E-state index in [-0.39, 0.29) is 56.8 Å². The largest absolute Gasteiger partial charge is 0.510 e. The van der Waals surface area contributed by atoms with Gasteiger partial charge in [-0.05, 0) is 72.6 Å². The molecule has 4 aromatic heterocycles. The van der Waals surface area contributed by atoms with Crippen LogP contribution in [0.3, 0.4) is 0 Å². The van der Waals surface area contributed by atoms with E-state index in [0.717, 1.165) is 55.3 Å². The second-order valence-electron chi connectivity index (χ2n) is 14.8. The maximum Gasteiger partial charge on any atom is 0.197 e. The van der Waals surface area contributed by atoms with Gasteiger partial charge in [0.2, 0.25) is 0 Å². The van der Waals surface area contributed by atoms with Crippen molar-refractivity contribution in [2.45, 2.75) is 25.8 Å². The molecule has 0 bridgehead atoms. The fourth-order valence-corrected chi connectivity index (χ4v) is 10.2. The maximum atomic E-state index is 13.6. The van der Waals surface area contributed by atoms with Crippen molar-refractivity contribution in [1.82, 2.24) is 9.13 Å². The molecule has 12 nitrogen and oxygen atoms in total. The number of allylic oxidation sites excluding steroid dienone is 2. The molecule has 7 N–H and O–H groups in total. The van der Waals surface area contributed by atoms with E-state index < -0.39 is 29.2 Å². The lowest BCUT2D eigenvalue weighted by molar-refractivity contribution is -0.117. The van der Waals surface area contributed by atoms with Crippen LogP contribution >= 0.6 is 22.7 Å². The number of rotatable bonds is 7. The van der Waals surface area contributed by atoms with E-state index in [1.165, 1.54) is 12.1 Å². The highest BCUT2D eigenvalue weighted by Gasteiger charge is 2.47. The van der Waals surface area contributed by atoms with Gasteiger partial charge >= 0.3 is 0 Å². The van der Waals surface area contributed by atoms with Crippen LogP contribution in [0.2, 0.25) is 0 Å². The summed E-state index contributed by atoms with van der Waals surface area (Å²) < 4.78 is 6.17. The molecule has 4 heterocycles. The van der Waals surface area contributed by atoms with E-state index >= 15 is 0 Å². The Bertz CT molecular complexity index is 3020. The summed E-state index contributed by atoms with van der Waals surface area (Å²) in [7, 11) is 1.87. The van der Waals surface area contributed by atoms with Crippen molar-refractivity contribution in [1.29, 1.82) is 0 Å². The summed E-state index contributed by atoms with van der Waals surface area (Å²) in [6, 6.07) is 28.6. The molecule has 0 amide bonds. The molecule has 8 aromatic rings. The zero-order valence-electron chi connectivity index (χ0n) is 32.7. The minimum Gasteiger partial charge on any atom is -0.510 e. The number of Topliss-reactive ketones (excluding diaryl/α,β-unsaturated/α-hetero) is 2. The molecule has 0 aliphatic heterocycles. The van der Waals surface area contributed by atoms with Gasteiger partial charge in [-0.3, -0.25) is 9.59 Å². The Balaban J connectivity index is 0.000000177. The number of ketones is 2. The third-order valence-corrected chi connectivity index (χ3v) is 13.4. The first kappa shape index (κ1) is 39.1. The standard InChI is InChI=1S/C30H20N2O4S2.C17H17NO5/c33-22-15-19(32-20-11-13-37-29(20)30-21(32)12-14-38-30)16-23(34)24(22)25-27(35)26(28(25)36)31(17-7-3-1-4-8-17)18-9-5-2-6-10-18;1-7-4-10(8(2)18(7)3)13-16(22)15(17(13)23)14-11(20)5-9(19)6-12(14)21/h1-16,26,33-35H;4-6,13,19-22H,1-3H3. The number of nitrogens with zero attached hydrogens (tertiary/aromatic N) is 3. The predicted octanol–water partition coefficient (Wildman–Crippen LogP) is 9.77. The Morgan fingerprint density at radius 1 is 0.590 bits per heavy atom. The third-order valence-electron chi connectivity index (χ3n) is 11.4. The van der Waals surface area contributed by atoms with Gasteiger partial charge in [0.1, 0.15) is 46.2 Å². The van der Waals surface area contributed by atoms with E-state index in [1.807, 2.05) is 120 Å². The number of aryl methyl sites for hydroxylation is 1. The van der Waals surface area contributed by atoms with Crippen LogP contribution in [0.1, 0.15) is 34.0 Å². The van der Waals surface area contributed by atoms with Crippen LogP contribution in [-0.4, -0.2) is 62.5 Å². The van der Waals surface area contributed by atoms with Gasteiger partial charge in [-0.1, -0.05) is 36.4 Å². The number of thiophene rings is 2. The second-order valence-corrected chi connectivity index (χ2v) is 16.7. The first-order valence-corrected chi connectivity index (χ1v) is 20.8. The number of anilines is 2. The minimum atomic E-state index is -0.978. The molecule has 14 heteroatoms. The predicted molar refractivity (Wildman–Crippen MR) is 237 cm³/mol. The Morgan fingerprint density at radius 3 is 1.51 bits per heavy atom. The van der Waals surface area contributed by atoms with E-state index in [9.17, 15) is 45.3 Å². The molecule has 10 rings (SSSR count). The van der Waals surface area contributed by atoms with E-state index in [1.54, 1.807) is 27.6 Å². The summed E-state index contributed by atoms with van der Waals surface area (Å²) in [4.78, 5) is 27.9. The lowest BCUT2D eigenvalue weighted by Gasteiger charge is -2.38. The highest BCUT2D eigenvalue weighted by molar-refractivity contribution is 7.25. The number of phenols is 5. The van der Waals surface area contributed by atoms with Crippen molar-refractivity contribution in [3.05, 3.63) is 153 Å². The van der Waals surface area contributed by atoms with Crippen molar-refractivity contribution in [3.8, 4) is 34.4 Å². The summed E-state index contributed by atoms with van der Waals surface area (Å²) in [6.45, 7) is 3.76. The van der Waals surface area contributed by atoms with Crippen LogP contribution in [0.5, 0.6) is 28.7 Å². The number of hydrogen-bond donors (Lipinski definition) is 7.